The summed E-state index contributed by atoms with van der Waals surface area (Å²) in [5.74, 6) is -0.116. The first-order valence-corrected chi connectivity index (χ1v) is 10.2. The molecule has 1 N–H and O–H groups in total. The van der Waals surface area contributed by atoms with Crippen LogP contribution in [-0.4, -0.2) is 20.9 Å². The Morgan fingerprint density at radius 1 is 1.07 bits per heavy atom. The highest BCUT2D eigenvalue weighted by Gasteiger charge is 2.31. The van der Waals surface area contributed by atoms with Crippen LogP contribution in [0.25, 0.3) is 0 Å². The van der Waals surface area contributed by atoms with Gasteiger partial charge in [0.05, 0.1) is 11.2 Å². The molecule has 140 valence electrons. The first-order valence-electron chi connectivity index (χ1n) is 8.25. The molecule has 0 spiro atoms. The van der Waals surface area contributed by atoms with Gasteiger partial charge in [-0.25, -0.2) is 8.42 Å². The lowest BCUT2D eigenvalue weighted by Gasteiger charge is -2.17. The molecule has 0 fully saturated rings. The van der Waals surface area contributed by atoms with Crippen LogP contribution in [0.1, 0.15) is 26.9 Å². The van der Waals surface area contributed by atoms with Crippen molar-refractivity contribution in [2.45, 2.75) is 17.1 Å². The smallest absolute Gasteiger partial charge is 0.251 e. The average Bonchev–Trinajstić information content (AvgIpc) is 3.16. The van der Waals surface area contributed by atoms with Gasteiger partial charge in [-0.2, -0.15) is 0 Å². The molecule has 1 atom stereocenters. The van der Waals surface area contributed by atoms with Crippen molar-refractivity contribution in [3.05, 3.63) is 88.8 Å². The Morgan fingerprint density at radius 2 is 1.74 bits per heavy atom. The zero-order chi connectivity index (χ0) is 19.4. The topological polar surface area (TPSA) is 76.4 Å². The summed E-state index contributed by atoms with van der Waals surface area (Å²) in [6.45, 7) is 1.76. The number of rotatable bonds is 6. The summed E-state index contributed by atoms with van der Waals surface area (Å²) in [7, 11) is -3.75. The Morgan fingerprint density at radius 3 is 2.33 bits per heavy atom. The van der Waals surface area contributed by atoms with Crippen LogP contribution < -0.4 is 5.32 Å². The molecule has 2 aromatic carbocycles. The van der Waals surface area contributed by atoms with E-state index in [0.717, 1.165) is 5.56 Å². The van der Waals surface area contributed by atoms with Crippen molar-refractivity contribution in [2.75, 3.05) is 6.54 Å². The molecule has 7 heteroatoms. The second-order valence-electron chi connectivity index (χ2n) is 6.08. The third kappa shape index (κ3) is 4.40. The van der Waals surface area contributed by atoms with Gasteiger partial charge >= 0.3 is 0 Å². The molecule has 0 aliphatic heterocycles. The molecule has 0 aliphatic carbocycles. The van der Waals surface area contributed by atoms with E-state index in [1.165, 1.54) is 6.26 Å². The Hall–Kier alpha value is -2.57. The number of furan rings is 1. The minimum absolute atomic E-state index is 0.120. The maximum Gasteiger partial charge on any atom is 0.251 e. The summed E-state index contributed by atoms with van der Waals surface area (Å²) < 4.78 is 31.5. The van der Waals surface area contributed by atoms with Crippen molar-refractivity contribution in [1.29, 1.82) is 0 Å². The van der Waals surface area contributed by atoms with Crippen LogP contribution in [0.15, 0.2) is 76.2 Å². The SMILES string of the molecule is Cc1ccc(S(=O)(=O)[C@H](CNC(=O)c2ccc(Cl)cc2)c2ccco2)cc1. The molecule has 0 aliphatic rings. The minimum atomic E-state index is -3.75. The quantitative estimate of drug-likeness (QED) is 0.669. The van der Waals surface area contributed by atoms with E-state index in [-0.39, 0.29) is 23.1 Å². The molecule has 27 heavy (non-hydrogen) atoms. The molecule has 3 aromatic rings. The molecule has 5 nitrogen and oxygen atoms in total. The molecule has 0 saturated carbocycles. The summed E-state index contributed by atoms with van der Waals surface area (Å²) >= 11 is 5.83. The number of nitrogens with one attached hydrogen (secondary N) is 1. The van der Waals surface area contributed by atoms with Crippen molar-refractivity contribution in [3.8, 4) is 0 Å². The number of sulfone groups is 1. The average molecular weight is 404 g/mol. The van der Waals surface area contributed by atoms with Gasteiger partial charge in [-0.05, 0) is 55.5 Å². The van der Waals surface area contributed by atoms with E-state index in [1.807, 2.05) is 6.92 Å². The minimum Gasteiger partial charge on any atom is -0.468 e. The van der Waals surface area contributed by atoms with Gasteiger partial charge in [0.15, 0.2) is 9.84 Å². The molecule has 0 radical (unpaired) electrons. The summed E-state index contributed by atoms with van der Waals surface area (Å²) in [6.07, 6.45) is 1.41. The van der Waals surface area contributed by atoms with Crippen LogP contribution in [0.5, 0.6) is 0 Å². The monoisotopic (exact) mass is 403 g/mol. The summed E-state index contributed by atoms with van der Waals surface area (Å²) in [6, 6.07) is 16.1. The highest BCUT2D eigenvalue weighted by molar-refractivity contribution is 7.91. The third-order valence-corrected chi connectivity index (χ3v) is 6.47. The fraction of sp³-hybridized carbons (Fsp3) is 0.150. The normalized spacial score (nSPS) is 12.5. The van der Waals surface area contributed by atoms with Gasteiger partial charge in [-0.3, -0.25) is 4.79 Å². The number of halogens is 1. The van der Waals surface area contributed by atoms with Crippen molar-refractivity contribution in [3.63, 3.8) is 0 Å². The van der Waals surface area contributed by atoms with Crippen LogP contribution in [0.2, 0.25) is 5.02 Å². The van der Waals surface area contributed by atoms with E-state index >= 15 is 0 Å². The van der Waals surface area contributed by atoms with Gasteiger partial charge in [-0.1, -0.05) is 29.3 Å². The van der Waals surface area contributed by atoms with E-state index in [9.17, 15) is 13.2 Å². The van der Waals surface area contributed by atoms with Crippen LogP contribution >= 0.6 is 11.6 Å². The Bertz CT molecular complexity index is 1010. The van der Waals surface area contributed by atoms with Gasteiger partial charge in [0.1, 0.15) is 11.0 Å². The largest absolute Gasteiger partial charge is 0.468 e. The molecular formula is C20H18ClNO4S. The van der Waals surface area contributed by atoms with E-state index in [4.69, 9.17) is 16.0 Å². The molecule has 0 saturated heterocycles. The second-order valence-corrected chi connectivity index (χ2v) is 8.65. The standard InChI is InChI=1S/C20H18ClNO4S/c1-14-4-10-17(11-5-14)27(24,25)19(18-3-2-12-26-18)13-22-20(23)15-6-8-16(21)9-7-15/h2-12,19H,13H2,1H3,(H,22,23)/t19-/m1/s1. The maximum absolute atomic E-state index is 13.1. The van der Waals surface area contributed by atoms with Crippen LogP contribution in [0, 0.1) is 6.92 Å². The lowest BCUT2D eigenvalue weighted by atomic mass is 10.2. The van der Waals surface area contributed by atoms with Crippen LogP contribution in [-0.2, 0) is 9.84 Å². The van der Waals surface area contributed by atoms with Crippen LogP contribution in [0.4, 0.5) is 0 Å². The fourth-order valence-corrected chi connectivity index (χ4v) is 4.33. The number of amides is 1. The van der Waals surface area contributed by atoms with E-state index in [0.29, 0.717) is 10.6 Å². The lowest BCUT2D eigenvalue weighted by Crippen LogP contribution is -2.31. The lowest BCUT2D eigenvalue weighted by molar-refractivity contribution is 0.0953. The van der Waals surface area contributed by atoms with Gasteiger partial charge in [0.25, 0.3) is 5.91 Å². The molecule has 3 rings (SSSR count). The molecule has 1 heterocycles. The highest BCUT2D eigenvalue weighted by Crippen LogP contribution is 2.29. The predicted octanol–water partition coefficient (Wildman–Crippen LogP) is 4.19. The number of carbonyl (C=O) groups excluding carboxylic acids is 1. The van der Waals surface area contributed by atoms with E-state index in [2.05, 4.69) is 5.32 Å². The first-order chi connectivity index (χ1) is 12.9. The van der Waals surface area contributed by atoms with E-state index < -0.39 is 15.1 Å². The van der Waals surface area contributed by atoms with Gasteiger partial charge in [0.2, 0.25) is 0 Å². The zero-order valence-electron chi connectivity index (χ0n) is 14.6. The number of aryl methyl sites for hydroxylation is 1. The summed E-state index contributed by atoms with van der Waals surface area (Å²) in [5, 5.41) is 2.15. The summed E-state index contributed by atoms with van der Waals surface area (Å²) in [4.78, 5) is 12.5. The molecule has 1 amide bonds. The fourth-order valence-electron chi connectivity index (χ4n) is 2.62. The number of benzene rings is 2. The number of hydrogen-bond donors (Lipinski definition) is 1. The first kappa shape index (κ1) is 19.2. The van der Waals surface area contributed by atoms with Crippen molar-refractivity contribution >= 4 is 27.3 Å². The van der Waals surface area contributed by atoms with Gasteiger partial charge < -0.3 is 9.73 Å². The Kier molecular flexibility index (Phi) is 5.68. The predicted molar refractivity (Wildman–Crippen MR) is 104 cm³/mol. The van der Waals surface area contributed by atoms with Gasteiger partial charge in [-0.15, -0.1) is 0 Å². The number of hydrogen-bond acceptors (Lipinski definition) is 4. The van der Waals surface area contributed by atoms with E-state index in [1.54, 1.807) is 60.7 Å². The Balaban J connectivity index is 1.85. The summed E-state index contributed by atoms with van der Waals surface area (Å²) in [5.41, 5.74) is 1.35. The van der Waals surface area contributed by atoms with Crippen molar-refractivity contribution < 1.29 is 17.6 Å². The molecule has 1 aromatic heterocycles. The maximum atomic E-state index is 13.1. The van der Waals surface area contributed by atoms with Gasteiger partial charge in [0, 0.05) is 17.1 Å². The molecular weight excluding hydrogens is 386 g/mol. The van der Waals surface area contributed by atoms with Crippen molar-refractivity contribution in [1.82, 2.24) is 5.32 Å². The number of carbonyl (C=O) groups is 1. The Labute approximate surface area is 162 Å². The molecule has 0 unspecified atom stereocenters. The second kappa shape index (κ2) is 7.98. The molecule has 0 bridgehead atoms. The third-order valence-electron chi connectivity index (χ3n) is 4.14. The zero-order valence-corrected chi connectivity index (χ0v) is 16.1. The highest BCUT2D eigenvalue weighted by atomic mass is 35.5. The van der Waals surface area contributed by atoms with Crippen molar-refractivity contribution in [2.24, 2.45) is 0 Å². The van der Waals surface area contributed by atoms with Crippen LogP contribution in [0.3, 0.4) is 0 Å².